The molecule has 2 unspecified atom stereocenters. The first-order valence-electron chi connectivity index (χ1n) is 8.98. The Morgan fingerprint density at radius 2 is 1.60 bits per heavy atom. The highest BCUT2D eigenvalue weighted by molar-refractivity contribution is 5.93. The van der Waals surface area contributed by atoms with Gasteiger partial charge < -0.3 is 37.6 Å². The number of carboxylic acids is 1. The number of primary amides is 1. The fraction of sp³-hybridized carbons (Fsp3) is 0.389. The number of aromatic hydroxyl groups is 1. The van der Waals surface area contributed by atoms with Crippen LogP contribution in [0, 0.1) is 0 Å². The van der Waals surface area contributed by atoms with Gasteiger partial charge in [0.15, 0.2) is 0 Å². The van der Waals surface area contributed by atoms with E-state index in [0.717, 1.165) is 0 Å². The molecular weight excluding hydrogens is 398 g/mol. The summed E-state index contributed by atoms with van der Waals surface area (Å²) >= 11 is 0. The molecule has 0 bridgehead atoms. The fourth-order valence-corrected chi connectivity index (χ4v) is 2.44. The molecule has 4 amide bonds. The maximum absolute atomic E-state index is 12.7. The second kappa shape index (κ2) is 12.0. The first kappa shape index (κ1) is 24.4. The van der Waals surface area contributed by atoms with Gasteiger partial charge in [0, 0.05) is 12.8 Å². The van der Waals surface area contributed by atoms with Crippen molar-refractivity contribution in [2.45, 2.75) is 31.3 Å². The number of carbonyl (C=O) groups excluding carboxylic acids is 4. The minimum atomic E-state index is -1.29. The van der Waals surface area contributed by atoms with Crippen LogP contribution < -0.4 is 27.4 Å². The molecule has 9 N–H and O–H groups in total. The van der Waals surface area contributed by atoms with Crippen molar-refractivity contribution in [1.29, 1.82) is 0 Å². The van der Waals surface area contributed by atoms with Crippen molar-refractivity contribution in [2.75, 3.05) is 13.1 Å². The molecule has 0 saturated heterocycles. The summed E-state index contributed by atoms with van der Waals surface area (Å²) in [5.41, 5.74) is 11.0. The SMILES string of the molecule is NCC(=O)NC(Cc1ccc(O)cc1)C(=O)NC(CCC(N)=O)C(=O)NCC(=O)O. The summed E-state index contributed by atoms with van der Waals surface area (Å²) < 4.78 is 0. The zero-order valence-corrected chi connectivity index (χ0v) is 16.1. The molecule has 0 radical (unpaired) electrons. The van der Waals surface area contributed by atoms with Crippen LogP contribution in [0.15, 0.2) is 24.3 Å². The smallest absolute Gasteiger partial charge is 0.322 e. The average Bonchev–Trinajstić information content (AvgIpc) is 2.69. The molecule has 0 aliphatic carbocycles. The molecule has 12 heteroatoms. The van der Waals surface area contributed by atoms with Gasteiger partial charge in [-0.2, -0.15) is 0 Å². The zero-order valence-electron chi connectivity index (χ0n) is 16.1. The third-order valence-corrected chi connectivity index (χ3v) is 3.94. The third-order valence-electron chi connectivity index (χ3n) is 3.94. The molecule has 30 heavy (non-hydrogen) atoms. The van der Waals surface area contributed by atoms with Gasteiger partial charge in [-0.25, -0.2) is 0 Å². The number of nitrogens with one attached hydrogen (secondary N) is 3. The maximum Gasteiger partial charge on any atom is 0.322 e. The van der Waals surface area contributed by atoms with Gasteiger partial charge in [0.2, 0.25) is 23.6 Å². The monoisotopic (exact) mass is 423 g/mol. The van der Waals surface area contributed by atoms with Crippen LogP contribution in [-0.4, -0.2) is 65.0 Å². The van der Waals surface area contributed by atoms with Gasteiger partial charge >= 0.3 is 5.97 Å². The molecule has 0 aromatic heterocycles. The molecule has 0 heterocycles. The number of rotatable bonds is 12. The van der Waals surface area contributed by atoms with Gasteiger partial charge in [0.1, 0.15) is 24.4 Å². The summed E-state index contributed by atoms with van der Waals surface area (Å²) in [6.07, 6.45) is -0.371. The number of carbonyl (C=O) groups is 5. The topological polar surface area (TPSA) is 214 Å². The van der Waals surface area contributed by atoms with Crippen LogP contribution in [-0.2, 0) is 30.4 Å². The number of phenols is 1. The van der Waals surface area contributed by atoms with E-state index in [1.54, 1.807) is 12.1 Å². The Bertz CT molecular complexity index is 782. The van der Waals surface area contributed by atoms with Gasteiger partial charge in [-0.05, 0) is 24.1 Å². The van der Waals surface area contributed by atoms with Crippen molar-refractivity contribution in [3.63, 3.8) is 0 Å². The molecule has 0 fully saturated rings. The van der Waals surface area contributed by atoms with Crippen LogP contribution in [0.25, 0.3) is 0 Å². The van der Waals surface area contributed by atoms with Crippen LogP contribution in [0.3, 0.4) is 0 Å². The van der Waals surface area contributed by atoms with Crippen molar-refractivity contribution in [1.82, 2.24) is 16.0 Å². The number of phenolic OH excluding ortho intramolecular Hbond substituents is 1. The Labute approximate surface area is 172 Å². The minimum Gasteiger partial charge on any atom is -0.508 e. The number of hydrogen-bond acceptors (Lipinski definition) is 7. The summed E-state index contributed by atoms with van der Waals surface area (Å²) in [6.45, 7) is -1.05. The summed E-state index contributed by atoms with van der Waals surface area (Å²) in [4.78, 5) is 58.4. The number of nitrogens with two attached hydrogens (primary N) is 2. The van der Waals surface area contributed by atoms with Crippen molar-refractivity contribution >= 4 is 29.6 Å². The zero-order chi connectivity index (χ0) is 22.7. The Balaban J connectivity index is 2.95. The van der Waals surface area contributed by atoms with Crippen LogP contribution in [0.1, 0.15) is 18.4 Å². The Hall–Kier alpha value is -3.67. The van der Waals surface area contributed by atoms with Crippen molar-refractivity contribution in [2.24, 2.45) is 11.5 Å². The van der Waals surface area contributed by atoms with Gasteiger partial charge in [-0.1, -0.05) is 12.1 Å². The fourth-order valence-electron chi connectivity index (χ4n) is 2.44. The van der Waals surface area contributed by atoms with Gasteiger partial charge in [-0.3, -0.25) is 24.0 Å². The average molecular weight is 423 g/mol. The first-order valence-corrected chi connectivity index (χ1v) is 8.98. The first-order chi connectivity index (χ1) is 14.1. The van der Waals surface area contributed by atoms with Gasteiger partial charge in [-0.15, -0.1) is 0 Å². The van der Waals surface area contributed by atoms with Crippen molar-refractivity contribution in [3.05, 3.63) is 29.8 Å². The summed E-state index contributed by atoms with van der Waals surface area (Å²) in [5.74, 6) is -4.16. The highest BCUT2D eigenvalue weighted by atomic mass is 16.4. The number of carboxylic acid groups (broad SMARTS) is 1. The highest BCUT2D eigenvalue weighted by Gasteiger charge is 2.27. The minimum absolute atomic E-state index is 0.0207. The van der Waals surface area contributed by atoms with E-state index < -0.39 is 48.2 Å². The van der Waals surface area contributed by atoms with E-state index in [1.165, 1.54) is 12.1 Å². The van der Waals surface area contributed by atoms with Crippen LogP contribution in [0.2, 0.25) is 0 Å². The van der Waals surface area contributed by atoms with E-state index in [9.17, 15) is 29.1 Å². The quantitative estimate of drug-likeness (QED) is 0.188. The Morgan fingerprint density at radius 3 is 2.13 bits per heavy atom. The maximum atomic E-state index is 12.7. The van der Waals surface area contributed by atoms with E-state index in [0.29, 0.717) is 5.56 Å². The molecule has 0 aliphatic rings. The normalized spacial score (nSPS) is 12.3. The molecular formula is C18H25N5O7. The number of amides is 4. The lowest BCUT2D eigenvalue weighted by atomic mass is 10.0. The molecule has 1 rings (SSSR count). The lowest BCUT2D eigenvalue weighted by Gasteiger charge is -2.23. The molecule has 0 saturated carbocycles. The molecule has 0 spiro atoms. The highest BCUT2D eigenvalue weighted by Crippen LogP contribution is 2.12. The lowest BCUT2D eigenvalue weighted by molar-refractivity contribution is -0.138. The number of aliphatic carboxylic acids is 1. The van der Waals surface area contributed by atoms with Gasteiger partial charge in [0.05, 0.1) is 6.54 Å². The second-order valence-electron chi connectivity index (χ2n) is 6.37. The second-order valence-corrected chi connectivity index (χ2v) is 6.37. The van der Waals surface area contributed by atoms with Crippen molar-refractivity contribution in [3.8, 4) is 5.75 Å². The van der Waals surface area contributed by atoms with E-state index in [1.807, 2.05) is 0 Å². The third kappa shape index (κ3) is 9.01. The predicted molar refractivity (Wildman–Crippen MR) is 104 cm³/mol. The van der Waals surface area contributed by atoms with Crippen molar-refractivity contribution < 1.29 is 34.2 Å². The molecule has 1 aromatic rings. The van der Waals surface area contributed by atoms with Crippen LogP contribution in [0.4, 0.5) is 0 Å². The van der Waals surface area contributed by atoms with Crippen LogP contribution in [0.5, 0.6) is 5.75 Å². The van der Waals surface area contributed by atoms with Crippen LogP contribution >= 0.6 is 0 Å². The van der Waals surface area contributed by atoms with E-state index in [-0.39, 0.29) is 31.6 Å². The van der Waals surface area contributed by atoms with Gasteiger partial charge in [0.25, 0.3) is 0 Å². The standard InChI is InChI=1S/C18H25N5O7/c19-8-15(26)22-13(7-10-1-3-11(24)4-2-10)18(30)23-12(5-6-14(20)25)17(29)21-9-16(27)28/h1-4,12-13,24H,5-9,19H2,(H2,20,25)(H,21,29)(H,22,26)(H,23,30)(H,27,28). The largest absolute Gasteiger partial charge is 0.508 e. The predicted octanol–water partition coefficient (Wildman–Crippen LogP) is -2.67. The summed E-state index contributed by atoms with van der Waals surface area (Å²) in [6, 6.07) is 3.55. The number of benzene rings is 1. The molecule has 1 aromatic carbocycles. The summed E-state index contributed by atoms with van der Waals surface area (Å²) in [7, 11) is 0. The van der Waals surface area contributed by atoms with E-state index in [4.69, 9.17) is 16.6 Å². The van der Waals surface area contributed by atoms with E-state index in [2.05, 4.69) is 16.0 Å². The Morgan fingerprint density at radius 1 is 0.967 bits per heavy atom. The molecule has 12 nitrogen and oxygen atoms in total. The molecule has 164 valence electrons. The molecule has 2 atom stereocenters. The Kier molecular flexibility index (Phi) is 9.76. The lowest BCUT2D eigenvalue weighted by Crippen LogP contribution is -2.55. The summed E-state index contributed by atoms with van der Waals surface area (Å²) in [5, 5.41) is 25.0. The van der Waals surface area contributed by atoms with E-state index >= 15 is 0 Å². The number of hydrogen-bond donors (Lipinski definition) is 7. The molecule has 0 aliphatic heterocycles.